The molecule has 3 nitrogen and oxygen atoms in total. The second-order valence-electron chi connectivity index (χ2n) is 8.95. The fourth-order valence-electron chi connectivity index (χ4n) is 3.20. The standard InChI is InChI=1S/C20H37NO2/c1-9-15-10-14(4)11-16(12-15)17(13(2)3)23-18(22)20(8,21)19(5,6)7/h12-14,16-17H,9-11,21H2,1-8H3. The van der Waals surface area contributed by atoms with Gasteiger partial charge >= 0.3 is 5.97 Å². The van der Waals surface area contributed by atoms with Crippen LogP contribution in [0, 0.1) is 23.2 Å². The number of hydrogen-bond donors (Lipinski definition) is 1. The Balaban J connectivity index is 2.98. The van der Waals surface area contributed by atoms with Crippen molar-refractivity contribution in [1.29, 1.82) is 0 Å². The molecular weight excluding hydrogens is 286 g/mol. The Hall–Kier alpha value is -0.830. The first kappa shape index (κ1) is 20.2. The van der Waals surface area contributed by atoms with Crippen molar-refractivity contribution in [3.8, 4) is 0 Å². The third-order valence-corrected chi connectivity index (χ3v) is 5.49. The fourth-order valence-corrected chi connectivity index (χ4v) is 3.20. The summed E-state index contributed by atoms with van der Waals surface area (Å²) in [5.41, 5.74) is 6.47. The van der Waals surface area contributed by atoms with E-state index in [9.17, 15) is 4.79 Å². The van der Waals surface area contributed by atoms with Crippen LogP contribution in [-0.2, 0) is 9.53 Å². The SMILES string of the molecule is CCC1=CC(C(OC(=O)C(C)(N)C(C)(C)C)C(C)C)CC(C)C1. The summed E-state index contributed by atoms with van der Waals surface area (Å²) in [7, 11) is 0. The monoisotopic (exact) mass is 323 g/mol. The number of esters is 1. The fraction of sp³-hybridized carbons (Fsp3) is 0.850. The van der Waals surface area contributed by atoms with Crippen LogP contribution >= 0.6 is 0 Å². The average molecular weight is 324 g/mol. The number of carbonyl (C=O) groups excluding carboxylic acids is 1. The van der Waals surface area contributed by atoms with Gasteiger partial charge in [0.2, 0.25) is 0 Å². The van der Waals surface area contributed by atoms with Crippen LogP contribution in [0.2, 0.25) is 0 Å². The minimum atomic E-state index is -0.988. The minimum Gasteiger partial charge on any atom is -0.460 e. The maximum absolute atomic E-state index is 12.7. The van der Waals surface area contributed by atoms with Gasteiger partial charge in [-0.2, -0.15) is 0 Å². The van der Waals surface area contributed by atoms with E-state index in [1.807, 2.05) is 20.8 Å². The van der Waals surface area contributed by atoms with Gasteiger partial charge in [-0.05, 0) is 43.4 Å². The third kappa shape index (κ3) is 4.82. The van der Waals surface area contributed by atoms with Gasteiger partial charge in [0.15, 0.2) is 0 Å². The van der Waals surface area contributed by atoms with E-state index in [1.165, 1.54) is 12.0 Å². The summed E-state index contributed by atoms with van der Waals surface area (Å²) in [5, 5.41) is 0. The van der Waals surface area contributed by atoms with E-state index in [1.54, 1.807) is 6.92 Å². The Morgan fingerprint density at radius 2 is 1.91 bits per heavy atom. The van der Waals surface area contributed by atoms with Crippen molar-refractivity contribution in [2.24, 2.45) is 28.9 Å². The van der Waals surface area contributed by atoms with Crippen LogP contribution in [0.3, 0.4) is 0 Å². The number of allylic oxidation sites excluding steroid dienone is 1. The molecule has 0 spiro atoms. The smallest absolute Gasteiger partial charge is 0.326 e. The first-order valence-electron chi connectivity index (χ1n) is 9.09. The Labute approximate surface area is 143 Å². The number of hydrogen-bond acceptors (Lipinski definition) is 3. The van der Waals surface area contributed by atoms with E-state index < -0.39 is 5.54 Å². The van der Waals surface area contributed by atoms with Crippen LogP contribution in [0.25, 0.3) is 0 Å². The number of nitrogens with two attached hydrogens (primary N) is 1. The zero-order chi connectivity index (χ0) is 18.0. The Morgan fingerprint density at radius 1 is 1.35 bits per heavy atom. The molecule has 4 unspecified atom stereocenters. The third-order valence-electron chi connectivity index (χ3n) is 5.49. The highest BCUT2D eigenvalue weighted by molar-refractivity contribution is 5.81. The summed E-state index contributed by atoms with van der Waals surface area (Å²) in [6.07, 6.45) is 5.58. The van der Waals surface area contributed by atoms with Gasteiger partial charge in [-0.3, -0.25) is 4.79 Å². The van der Waals surface area contributed by atoms with E-state index >= 15 is 0 Å². The Kier molecular flexibility index (Phi) is 6.48. The summed E-state index contributed by atoms with van der Waals surface area (Å²) in [4.78, 5) is 12.7. The molecule has 0 aromatic heterocycles. The summed E-state index contributed by atoms with van der Waals surface area (Å²) in [6.45, 7) is 16.5. The van der Waals surface area contributed by atoms with Crippen LogP contribution in [-0.4, -0.2) is 17.6 Å². The quantitative estimate of drug-likeness (QED) is 0.589. The lowest BCUT2D eigenvalue weighted by Crippen LogP contribution is -2.57. The van der Waals surface area contributed by atoms with E-state index in [4.69, 9.17) is 10.5 Å². The lowest BCUT2D eigenvalue weighted by molar-refractivity contribution is -0.164. The van der Waals surface area contributed by atoms with Crippen LogP contribution in [0.15, 0.2) is 11.6 Å². The van der Waals surface area contributed by atoms with Crippen molar-refractivity contribution < 1.29 is 9.53 Å². The molecule has 4 atom stereocenters. The van der Waals surface area contributed by atoms with Gasteiger partial charge in [-0.25, -0.2) is 0 Å². The molecule has 0 saturated heterocycles. The molecule has 0 aliphatic heterocycles. The van der Waals surface area contributed by atoms with Gasteiger partial charge in [0, 0.05) is 5.92 Å². The van der Waals surface area contributed by atoms with Gasteiger partial charge in [-0.15, -0.1) is 0 Å². The lowest BCUT2D eigenvalue weighted by Gasteiger charge is -2.40. The highest BCUT2D eigenvalue weighted by Gasteiger charge is 2.44. The van der Waals surface area contributed by atoms with E-state index in [0.717, 1.165) is 12.8 Å². The van der Waals surface area contributed by atoms with Gasteiger partial charge in [0.1, 0.15) is 11.6 Å². The van der Waals surface area contributed by atoms with Crippen molar-refractivity contribution in [3.63, 3.8) is 0 Å². The molecule has 2 N–H and O–H groups in total. The first-order chi connectivity index (χ1) is 10.4. The largest absolute Gasteiger partial charge is 0.460 e. The number of carbonyl (C=O) groups is 1. The van der Waals surface area contributed by atoms with E-state index in [2.05, 4.69) is 33.8 Å². The van der Waals surface area contributed by atoms with Crippen molar-refractivity contribution in [2.45, 2.75) is 86.3 Å². The highest BCUT2D eigenvalue weighted by atomic mass is 16.5. The van der Waals surface area contributed by atoms with E-state index in [0.29, 0.717) is 11.8 Å². The molecule has 1 rings (SSSR count). The number of rotatable bonds is 5. The molecule has 0 radical (unpaired) electrons. The van der Waals surface area contributed by atoms with Crippen LogP contribution in [0.4, 0.5) is 0 Å². The summed E-state index contributed by atoms with van der Waals surface area (Å²) in [6, 6.07) is 0. The van der Waals surface area contributed by atoms with Crippen LogP contribution in [0.5, 0.6) is 0 Å². The van der Waals surface area contributed by atoms with Crippen LogP contribution < -0.4 is 5.73 Å². The molecule has 0 saturated carbocycles. The molecule has 1 aliphatic rings. The van der Waals surface area contributed by atoms with Crippen molar-refractivity contribution in [2.75, 3.05) is 0 Å². The zero-order valence-corrected chi connectivity index (χ0v) is 16.4. The Morgan fingerprint density at radius 3 is 2.35 bits per heavy atom. The van der Waals surface area contributed by atoms with Gasteiger partial charge in [0.25, 0.3) is 0 Å². The molecule has 0 bridgehead atoms. The molecule has 0 amide bonds. The number of ether oxygens (including phenoxy) is 1. The van der Waals surface area contributed by atoms with Gasteiger partial charge < -0.3 is 10.5 Å². The summed E-state index contributed by atoms with van der Waals surface area (Å²) < 4.78 is 5.98. The molecule has 0 heterocycles. The normalized spacial score (nSPS) is 26.4. The second kappa shape index (κ2) is 7.38. The minimum absolute atomic E-state index is 0.1000. The predicted molar refractivity (Wildman–Crippen MR) is 97.0 cm³/mol. The van der Waals surface area contributed by atoms with Gasteiger partial charge in [0.05, 0.1) is 0 Å². The lowest BCUT2D eigenvalue weighted by atomic mass is 9.75. The highest BCUT2D eigenvalue weighted by Crippen LogP contribution is 2.36. The molecule has 3 heteroatoms. The van der Waals surface area contributed by atoms with Crippen molar-refractivity contribution in [1.82, 2.24) is 0 Å². The maximum Gasteiger partial charge on any atom is 0.326 e. The average Bonchev–Trinajstić information content (AvgIpc) is 2.41. The van der Waals surface area contributed by atoms with E-state index in [-0.39, 0.29) is 23.4 Å². The molecule has 23 heavy (non-hydrogen) atoms. The first-order valence-corrected chi connectivity index (χ1v) is 9.09. The molecule has 0 aromatic carbocycles. The molecular formula is C20H37NO2. The maximum atomic E-state index is 12.7. The molecule has 0 fully saturated rings. The second-order valence-corrected chi connectivity index (χ2v) is 8.95. The molecule has 134 valence electrons. The van der Waals surface area contributed by atoms with Crippen molar-refractivity contribution >= 4 is 5.97 Å². The molecule has 0 aromatic rings. The topological polar surface area (TPSA) is 52.3 Å². The summed E-state index contributed by atoms with van der Waals surface area (Å²) >= 11 is 0. The predicted octanol–water partition coefficient (Wildman–Crippen LogP) is 4.70. The zero-order valence-electron chi connectivity index (χ0n) is 16.4. The van der Waals surface area contributed by atoms with Crippen LogP contribution in [0.1, 0.15) is 74.7 Å². The summed E-state index contributed by atoms with van der Waals surface area (Å²) in [5.74, 6) is 0.938. The molecule has 1 aliphatic carbocycles. The Bertz CT molecular complexity index is 443. The van der Waals surface area contributed by atoms with Crippen molar-refractivity contribution in [3.05, 3.63) is 11.6 Å². The van der Waals surface area contributed by atoms with Gasteiger partial charge in [-0.1, -0.05) is 60.1 Å².